The molecule has 0 fully saturated rings. The minimum Gasteiger partial charge on any atom is -0.481 e. The van der Waals surface area contributed by atoms with Gasteiger partial charge in [-0.2, -0.15) is 0 Å². The van der Waals surface area contributed by atoms with Gasteiger partial charge >= 0.3 is 11.9 Å². The summed E-state index contributed by atoms with van der Waals surface area (Å²) in [6.07, 6.45) is 2.05. The Kier molecular flexibility index (Phi) is 34.9. The van der Waals surface area contributed by atoms with Crippen molar-refractivity contribution in [3.05, 3.63) is 0 Å². The summed E-state index contributed by atoms with van der Waals surface area (Å²) in [4.78, 5) is 28.2. The van der Waals surface area contributed by atoms with Crippen LogP contribution in [0.15, 0.2) is 0 Å². The van der Waals surface area contributed by atoms with E-state index in [0.717, 1.165) is 19.8 Å². The maximum absolute atomic E-state index is 9.60. The Bertz CT molecular complexity index is 205. The molecule has 8 heteroatoms. The topological polar surface area (TPSA) is 152 Å². The van der Waals surface area contributed by atoms with E-state index in [1.165, 1.54) is 0 Å². The number of hydrogen-bond acceptors (Lipinski definition) is 5. The van der Waals surface area contributed by atoms with Gasteiger partial charge in [0.15, 0.2) is 0 Å². The fourth-order valence-corrected chi connectivity index (χ4v) is 0.428. The number of hydrogen-bond donors (Lipinski definition) is 5. The summed E-state index contributed by atoms with van der Waals surface area (Å²) < 4.78 is 0. The van der Waals surface area contributed by atoms with Crippen LogP contribution in [0.4, 0.5) is 0 Å². The maximum atomic E-state index is 9.60. The Morgan fingerprint density at radius 3 is 0.950 bits per heavy atom. The molecule has 0 amide bonds. The van der Waals surface area contributed by atoms with Gasteiger partial charge in [0.2, 0.25) is 0 Å². The van der Waals surface area contributed by atoms with Crippen LogP contribution in [-0.4, -0.2) is 56.7 Å². The summed E-state index contributed by atoms with van der Waals surface area (Å²) in [5.41, 5.74) is 0. The van der Waals surface area contributed by atoms with Crippen molar-refractivity contribution in [2.24, 2.45) is 0 Å². The Balaban J connectivity index is -0.0000000871. The normalized spacial score (nSPS) is 7.65. The fraction of sp³-hybridized carbons (Fsp3) is 0.750. The van der Waals surface area contributed by atoms with Crippen LogP contribution in [0.3, 0.4) is 0 Å². The first-order valence-corrected chi connectivity index (χ1v) is 6.04. The molecule has 0 radical (unpaired) electrons. The molecule has 0 aliphatic rings. The first kappa shape index (κ1) is 26.8. The molecule has 20 heavy (non-hydrogen) atoms. The first-order chi connectivity index (χ1) is 9.19. The summed E-state index contributed by atoms with van der Waals surface area (Å²) >= 11 is 0. The van der Waals surface area contributed by atoms with Crippen LogP contribution in [0, 0.1) is 0 Å². The second-order valence-corrected chi connectivity index (χ2v) is 3.25. The number of aliphatic hydroxyl groups is 2. The smallest absolute Gasteiger partial charge is 0.303 e. The lowest BCUT2D eigenvalue weighted by Crippen LogP contribution is -1.90. The van der Waals surface area contributed by atoms with Crippen LogP contribution >= 0.6 is 0 Å². The van der Waals surface area contributed by atoms with Crippen molar-refractivity contribution in [3.63, 3.8) is 0 Å². The molecule has 0 unspecified atom stereocenters. The van der Waals surface area contributed by atoms with Gasteiger partial charge in [0.05, 0.1) is 13.2 Å². The van der Waals surface area contributed by atoms with Crippen LogP contribution in [0.2, 0.25) is 0 Å². The molecule has 0 aliphatic heterocycles. The van der Waals surface area contributed by atoms with Crippen molar-refractivity contribution in [1.29, 1.82) is 0 Å². The van der Waals surface area contributed by atoms with Crippen molar-refractivity contribution in [3.8, 4) is 0 Å². The van der Waals surface area contributed by atoms with Crippen LogP contribution in [0.25, 0.3) is 0 Å². The van der Waals surface area contributed by atoms with Crippen LogP contribution < -0.4 is 0 Å². The molecule has 0 aromatic carbocycles. The van der Waals surface area contributed by atoms with Crippen LogP contribution in [-0.2, 0) is 14.4 Å². The molecule has 0 atom stereocenters. The number of carboxylic acids is 3. The van der Waals surface area contributed by atoms with E-state index in [1.807, 2.05) is 13.8 Å². The molecule has 0 aliphatic carbocycles. The first-order valence-electron chi connectivity index (χ1n) is 6.04. The minimum atomic E-state index is -0.833. The Morgan fingerprint density at radius 2 is 0.950 bits per heavy atom. The molecule has 0 heterocycles. The highest BCUT2D eigenvalue weighted by atomic mass is 16.4. The molecule has 0 saturated carbocycles. The lowest BCUT2D eigenvalue weighted by Gasteiger charge is -1.79. The number of aliphatic carboxylic acids is 3. The van der Waals surface area contributed by atoms with Gasteiger partial charge in [-0.3, -0.25) is 14.4 Å². The number of rotatable bonds is 5. The molecule has 0 rings (SSSR count). The van der Waals surface area contributed by atoms with Gasteiger partial charge in [0.25, 0.3) is 5.97 Å². The number of carboxylic acid groups (broad SMARTS) is 3. The largest absolute Gasteiger partial charge is 0.481 e. The van der Waals surface area contributed by atoms with Crippen molar-refractivity contribution < 1.29 is 39.9 Å². The molecule has 0 aromatic heterocycles. The minimum absolute atomic E-state index is 0.125. The van der Waals surface area contributed by atoms with Gasteiger partial charge in [-0.1, -0.05) is 13.8 Å². The van der Waals surface area contributed by atoms with Gasteiger partial charge in [-0.15, -0.1) is 0 Å². The third kappa shape index (κ3) is 135. The highest BCUT2D eigenvalue weighted by Crippen LogP contribution is 1.82. The van der Waals surface area contributed by atoms with Crippen LogP contribution in [0.1, 0.15) is 46.5 Å². The zero-order valence-corrected chi connectivity index (χ0v) is 12.2. The summed E-state index contributed by atoms with van der Waals surface area (Å²) in [6.45, 7) is 4.52. The number of aliphatic hydroxyl groups excluding tert-OH is 2. The lowest BCUT2D eigenvalue weighted by molar-refractivity contribution is -0.138. The highest BCUT2D eigenvalue weighted by molar-refractivity contribution is 5.66. The monoisotopic (exact) mass is 298 g/mol. The lowest BCUT2D eigenvalue weighted by atomic mass is 10.4. The van der Waals surface area contributed by atoms with Crippen molar-refractivity contribution >= 4 is 17.9 Å². The zero-order valence-electron chi connectivity index (χ0n) is 12.2. The second-order valence-electron chi connectivity index (χ2n) is 3.25. The van der Waals surface area contributed by atoms with Crippen molar-refractivity contribution in [2.75, 3.05) is 13.2 Å². The highest BCUT2D eigenvalue weighted by Gasteiger charge is 1.88. The molecule has 0 saturated heterocycles. The summed E-state index contributed by atoms with van der Waals surface area (Å²) in [6, 6.07) is 0. The third-order valence-electron chi connectivity index (χ3n) is 1.03. The fourth-order valence-electron chi connectivity index (χ4n) is 0.428. The number of carbonyl (C=O) groups is 3. The van der Waals surface area contributed by atoms with E-state index in [9.17, 15) is 9.59 Å². The average molecular weight is 298 g/mol. The van der Waals surface area contributed by atoms with Crippen LogP contribution in [0.5, 0.6) is 0 Å². The third-order valence-corrected chi connectivity index (χ3v) is 1.03. The van der Waals surface area contributed by atoms with Gasteiger partial charge < -0.3 is 25.5 Å². The predicted octanol–water partition coefficient (Wildman–Crippen LogP) is 0.804. The van der Waals surface area contributed by atoms with Gasteiger partial charge in [0, 0.05) is 19.8 Å². The predicted molar refractivity (Wildman–Crippen MR) is 72.6 cm³/mol. The Labute approximate surface area is 118 Å². The zero-order chi connectivity index (χ0) is 17.0. The van der Waals surface area contributed by atoms with Gasteiger partial charge in [0.1, 0.15) is 0 Å². The summed E-state index contributed by atoms with van der Waals surface area (Å²) in [5, 5.41) is 38.5. The Hall–Kier alpha value is -1.67. The van der Waals surface area contributed by atoms with Crippen molar-refractivity contribution in [2.45, 2.75) is 46.5 Å². The Morgan fingerprint density at radius 1 is 0.750 bits per heavy atom. The SMILES string of the molecule is CC(=O)O.CCCC(=O)O.CCCC(=O)O.OCCO. The van der Waals surface area contributed by atoms with Gasteiger partial charge in [-0.25, -0.2) is 0 Å². The maximum Gasteiger partial charge on any atom is 0.303 e. The van der Waals surface area contributed by atoms with E-state index >= 15 is 0 Å². The molecule has 122 valence electrons. The standard InChI is InChI=1S/2C4H8O2.C2H4O2.C2H6O2/c2*1-2-3-4(5)6;1-2(3)4;3-1-2-4/h2*2-3H2,1H3,(H,5,6);1H3,(H,3,4);3-4H,1-2H2. The quantitative estimate of drug-likeness (QED) is 0.499. The van der Waals surface area contributed by atoms with E-state index < -0.39 is 17.9 Å². The molecule has 5 N–H and O–H groups in total. The van der Waals surface area contributed by atoms with E-state index in [-0.39, 0.29) is 13.2 Å². The molecule has 0 aromatic rings. The van der Waals surface area contributed by atoms with E-state index in [4.69, 9.17) is 30.3 Å². The molecular formula is C12H26O8. The van der Waals surface area contributed by atoms with E-state index in [2.05, 4.69) is 0 Å². The van der Waals surface area contributed by atoms with E-state index in [1.54, 1.807) is 0 Å². The molecule has 0 bridgehead atoms. The molecule has 8 nitrogen and oxygen atoms in total. The second kappa shape index (κ2) is 26.0. The molecule has 0 spiro atoms. The average Bonchev–Trinajstić information content (AvgIpc) is 2.29. The van der Waals surface area contributed by atoms with Crippen molar-refractivity contribution in [1.82, 2.24) is 0 Å². The van der Waals surface area contributed by atoms with Gasteiger partial charge in [-0.05, 0) is 12.8 Å². The summed E-state index contributed by atoms with van der Waals surface area (Å²) in [5.74, 6) is -2.25. The summed E-state index contributed by atoms with van der Waals surface area (Å²) in [7, 11) is 0. The van der Waals surface area contributed by atoms with E-state index in [0.29, 0.717) is 12.8 Å². The molecular weight excluding hydrogens is 272 g/mol.